The Morgan fingerprint density at radius 2 is 1.50 bits per heavy atom. The first-order valence-electron chi connectivity index (χ1n) is 10.2. The highest BCUT2D eigenvalue weighted by atomic mass is 32.2. The van der Waals surface area contributed by atoms with Gasteiger partial charge in [-0.3, -0.25) is 0 Å². The molecule has 4 rings (SSSR count). The fourth-order valence-corrected chi connectivity index (χ4v) is 5.35. The molecule has 0 atom stereocenters. The summed E-state index contributed by atoms with van der Waals surface area (Å²) in [5.74, 6) is -4.22. The number of hydrogen-bond acceptors (Lipinski definition) is 5. The van der Waals surface area contributed by atoms with Crippen molar-refractivity contribution in [3.8, 4) is 22.8 Å². The van der Waals surface area contributed by atoms with E-state index in [4.69, 9.17) is 4.52 Å². The van der Waals surface area contributed by atoms with Crippen LogP contribution in [-0.4, -0.2) is 41.9 Å². The van der Waals surface area contributed by atoms with Gasteiger partial charge in [-0.15, -0.1) is 0 Å². The fraction of sp³-hybridized carbons (Fsp3) is 0.333. The third-order valence-corrected chi connectivity index (χ3v) is 7.44. The SMILES string of the molecule is O=S(=O)(c1cc(-c2nc(-c3ccccc3C(F)(F)F)no2)ccc1C(F)(F)F)N1CCC(F)(F)CC1. The molecule has 0 aliphatic carbocycles. The Morgan fingerprint density at radius 1 is 0.889 bits per heavy atom. The van der Waals surface area contributed by atoms with Crippen molar-refractivity contribution in [2.75, 3.05) is 13.1 Å². The molecule has 2 heterocycles. The zero-order valence-corrected chi connectivity index (χ0v) is 18.7. The topological polar surface area (TPSA) is 76.3 Å². The molecule has 0 unspecified atom stereocenters. The third kappa shape index (κ3) is 5.07. The molecule has 3 aromatic rings. The van der Waals surface area contributed by atoms with E-state index in [2.05, 4.69) is 10.1 Å². The van der Waals surface area contributed by atoms with E-state index < -0.39 is 87.5 Å². The zero-order valence-electron chi connectivity index (χ0n) is 17.9. The van der Waals surface area contributed by atoms with Crippen LogP contribution >= 0.6 is 0 Å². The smallest absolute Gasteiger partial charge is 0.334 e. The highest BCUT2D eigenvalue weighted by Gasteiger charge is 2.43. The lowest BCUT2D eigenvalue weighted by molar-refractivity contribution is -0.140. The second-order valence-corrected chi connectivity index (χ2v) is 9.84. The molecule has 15 heteroatoms. The molecule has 194 valence electrons. The third-order valence-electron chi connectivity index (χ3n) is 5.51. The van der Waals surface area contributed by atoms with Gasteiger partial charge in [-0.2, -0.15) is 35.6 Å². The van der Waals surface area contributed by atoms with Gasteiger partial charge in [0.25, 0.3) is 11.8 Å². The van der Waals surface area contributed by atoms with Gasteiger partial charge in [0.15, 0.2) is 0 Å². The highest BCUT2D eigenvalue weighted by Crippen LogP contribution is 2.40. The summed E-state index contributed by atoms with van der Waals surface area (Å²) < 4.78 is 139. The van der Waals surface area contributed by atoms with Crippen molar-refractivity contribution in [1.29, 1.82) is 0 Å². The molecule has 0 radical (unpaired) electrons. The lowest BCUT2D eigenvalue weighted by atomic mass is 10.1. The van der Waals surface area contributed by atoms with Crippen molar-refractivity contribution in [3.63, 3.8) is 0 Å². The molecule has 0 amide bonds. The maximum atomic E-state index is 13.6. The Hall–Kier alpha value is -3.07. The van der Waals surface area contributed by atoms with Gasteiger partial charge in [0, 0.05) is 37.1 Å². The Kier molecular flexibility index (Phi) is 6.35. The zero-order chi connectivity index (χ0) is 26.5. The van der Waals surface area contributed by atoms with Crippen LogP contribution in [0.4, 0.5) is 35.1 Å². The number of nitrogens with zero attached hydrogens (tertiary/aromatic N) is 3. The Balaban J connectivity index is 1.77. The molecule has 0 saturated carbocycles. The molecule has 0 N–H and O–H groups in total. The van der Waals surface area contributed by atoms with Gasteiger partial charge < -0.3 is 4.52 Å². The standard InChI is InChI=1S/C21H15F8N3O3S/c22-19(23)7-9-32(10-8-19)36(33,34)16-11-12(5-6-15(16)21(27,28)29)18-30-17(31-35-18)13-3-1-2-4-14(13)20(24,25)26/h1-6,11H,7-10H2. The minimum absolute atomic E-state index is 0.327. The van der Waals surface area contributed by atoms with Crippen LogP contribution in [0.5, 0.6) is 0 Å². The van der Waals surface area contributed by atoms with Crippen molar-refractivity contribution in [2.24, 2.45) is 0 Å². The van der Waals surface area contributed by atoms with Crippen LogP contribution in [0.1, 0.15) is 24.0 Å². The lowest BCUT2D eigenvalue weighted by Gasteiger charge is -2.31. The van der Waals surface area contributed by atoms with Crippen LogP contribution in [0.2, 0.25) is 0 Å². The molecule has 6 nitrogen and oxygen atoms in total. The molecule has 1 aliphatic rings. The molecular formula is C21H15F8N3O3S. The summed E-state index contributed by atoms with van der Waals surface area (Å²) in [5, 5.41) is 3.45. The van der Waals surface area contributed by atoms with E-state index in [0.29, 0.717) is 16.4 Å². The second kappa shape index (κ2) is 8.80. The van der Waals surface area contributed by atoms with Gasteiger partial charge in [0.2, 0.25) is 15.8 Å². The number of hydrogen-bond donors (Lipinski definition) is 0. The minimum atomic E-state index is -5.12. The van der Waals surface area contributed by atoms with E-state index in [1.807, 2.05) is 0 Å². The number of sulfonamides is 1. The number of alkyl halides is 8. The van der Waals surface area contributed by atoms with Crippen molar-refractivity contribution in [3.05, 3.63) is 53.6 Å². The van der Waals surface area contributed by atoms with Gasteiger partial charge in [-0.25, -0.2) is 17.2 Å². The first-order chi connectivity index (χ1) is 16.6. The van der Waals surface area contributed by atoms with Crippen LogP contribution in [0.25, 0.3) is 22.8 Å². The normalized spacial score (nSPS) is 17.3. The van der Waals surface area contributed by atoms with Crippen molar-refractivity contribution >= 4 is 10.0 Å². The number of rotatable bonds is 4. The van der Waals surface area contributed by atoms with Crippen LogP contribution < -0.4 is 0 Å². The molecule has 36 heavy (non-hydrogen) atoms. The second-order valence-electron chi connectivity index (χ2n) is 7.94. The van der Waals surface area contributed by atoms with Crippen molar-refractivity contribution < 1.29 is 48.1 Å². The summed E-state index contributed by atoms with van der Waals surface area (Å²) in [5.41, 5.74) is -3.43. The van der Waals surface area contributed by atoms with Gasteiger partial charge in [0.05, 0.1) is 16.0 Å². The maximum absolute atomic E-state index is 13.6. The van der Waals surface area contributed by atoms with Crippen LogP contribution in [0, 0.1) is 0 Å². The van der Waals surface area contributed by atoms with E-state index in [9.17, 15) is 43.5 Å². The summed E-state index contributed by atoms with van der Waals surface area (Å²) >= 11 is 0. The summed E-state index contributed by atoms with van der Waals surface area (Å²) in [7, 11) is -4.89. The molecular weight excluding hydrogens is 526 g/mol. The summed E-state index contributed by atoms with van der Waals surface area (Å²) in [6.45, 7) is -1.40. The average Bonchev–Trinajstić information content (AvgIpc) is 3.27. The summed E-state index contributed by atoms with van der Waals surface area (Å²) in [6, 6.07) is 6.09. The van der Waals surface area contributed by atoms with Gasteiger partial charge in [-0.1, -0.05) is 23.4 Å². The van der Waals surface area contributed by atoms with Gasteiger partial charge in [-0.05, 0) is 24.3 Å². The van der Waals surface area contributed by atoms with E-state index >= 15 is 0 Å². The Labute approximate surface area is 198 Å². The monoisotopic (exact) mass is 541 g/mol. The lowest BCUT2D eigenvalue weighted by Crippen LogP contribution is -2.43. The first-order valence-corrected chi connectivity index (χ1v) is 11.6. The molecule has 1 fully saturated rings. The molecule has 0 spiro atoms. The van der Waals surface area contributed by atoms with E-state index in [-0.39, 0.29) is 5.56 Å². The molecule has 1 aromatic heterocycles. The predicted octanol–water partition coefficient (Wildman–Crippen LogP) is 5.86. The summed E-state index contributed by atoms with van der Waals surface area (Å²) in [4.78, 5) is 2.58. The van der Waals surface area contributed by atoms with E-state index in [1.165, 1.54) is 6.07 Å². The average molecular weight is 541 g/mol. The van der Waals surface area contributed by atoms with Crippen molar-refractivity contribution in [2.45, 2.75) is 36.0 Å². The minimum Gasteiger partial charge on any atom is -0.334 e. The Bertz CT molecular complexity index is 1370. The van der Waals surface area contributed by atoms with Crippen LogP contribution in [-0.2, 0) is 22.4 Å². The quantitative estimate of drug-likeness (QED) is 0.387. The Morgan fingerprint density at radius 3 is 2.11 bits per heavy atom. The molecule has 1 aliphatic heterocycles. The number of benzene rings is 2. The van der Waals surface area contributed by atoms with E-state index in [0.717, 1.165) is 24.3 Å². The van der Waals surface area contributed by atoms with Crippen LogP contribution in [0.15, 0.2) is 51.9 Å². The maximum Gasteiger partial charge on any atom is 0.417 e. The fourth-order valence-electron chi connectivity index (χ4n) is 3.67. The molecule has 2 aromatic carbocycles. The number of halogens is 8. The summed E-state index contributed by atoms with van der Waals surface area (Å²) in [6.07, 6.45) is -11.6. The van der Waals surface area contributed by atoms with Gasteiger partial charge >= 0.3 is 12.4 Å². The predicted molar refractivity (Wildman–Crippen MR) is 108 cm³/mol. The molecule has 1 saturated heterocycles. The van der Waals surface area contributed by atoms with Crippen molar-refractivity contribution in [1.82, 2.24) is 14.4 Å². The van der Waals surface area contributed by atoms with Crippen LogP contribution in [0.3, 0.4) is 0 Å². The highest BCUT2D eigenvalue weighted by molar-refractivity contribution is 7.89. The number of piperidine rings is 1. The van der Waals surface area contributed by atoms with Gasteiger partial charge in [0.1, 0.15) is 0 Å². The first kappa shape index (κ1) is 26.0. The van der Waals surface area contributed by atoms with E-state index in [1.54, 1.807) is 0 Å². The largest absolute Gasteiger partial charge is 0.417 e. The number of aromatic nitrogens is 2. The molecule has 0 bridgehead atoms.